The highest BCUT2D eigenvalue weighted by Gasteiger charge is 2.21. The molecule has 2 aliphatic rings. The zero-order valence-electron chi connectivity index (χ0n) is 9.34. The van der Waals surface area contributed by atoms with Crippen molar-refractivity contribution in [1.82, 2.24) is 10.6 Å². The maximum Gasteiger partial charge on any atom is 0.0249 e. The quantitative estimate of drug-likeness (QED) is 0.731. The Hall–Kier alpha value is 0.0700. The fourth-order valence-corrected chi connectivity index (χ4v) is 3.78. The third kappa shape index (κ3) is 3.85. The maximum atomic E-state index is 11.2. The van der Waals surface area contributed by atoms with Crippen molar-refractivity contribution >= 4 is 10.8 Å². The van der Waals surface area contributed by atoms with Gasteiger partial charge in [-0.1, -0.05) is 0 Å². The molecule has 2 rings (SSSR count). The highest BCUT2D eigenvalue weighted by Crippen LogP contribution is 2.13. The number of hydrogen-bond acceptors (Lipinski definition) is 3. The number of hydrogen-bond donors (Lipinski definition) is 2. The molecule has 0 bridgehead atoms. The molecule has 0 aromatic rings. The first-order valence-corrected chi connectivity index (χ1v) is 7.65. The predicted octanol–water partition coefficient (Wildman–Crippen LogP) is 0.629. The van der Waals surface area contributed by atoms with E-state index >= 15 is 0 Å². The van der Waals surface area contributed by atoms with Crippen molar-refractivity contribution in [3.05, 3.63) is 0 Å². The monoisotopic (exact) mass is 230 g/mol. The van der Waals surface area contributed by atoms with Gasteiger partial charge in [-0.25, -0.2) is 0 Å². The van der Waals surface area contributed by atoms with Gasteiger partial charge in [-0.05, 0) is 45.2 Å². The maximum absolute atomic E-state index is 11.2. The van der Waals surface area contributed by atoms with Crippen LogP contribution >= 0.6 is 0 Å². The van der Waals surface area contributed by atoms with E-state index in [1.54, 1.807) is 0 Å². The lowest BCUT2D eigenvalue weighted by Crippen LogP contribution is -2.42. The van der Waals surface area contributed by atoms with E-state index in [-0.39, 0.29) is 0 Å². The molecular weight excluding hydrogens is 208 g/mol. The summed E-state index contributed by atoms with van der Waals surface area (Å²) in [6.07, 6.45) is 6.05. The molecular formula is C11H22N2OS. The zero-order chi connectivity index (χ0) is 10.5. The highest BCUT2D eigenvalue weighted by molar-refractivity contribution is 7.85. The standard InChI is InChI=1S/C11H22N2OS/c14-15-8-4-11(5-9-15)13-10-2-1-6-12-7-3-10/h10-13H,1-9H2. The SMILES string of the molecule is O=S1CCC(NC2CCCNCC2)CC1. The van der Waals surface area contributed by atoms with Crippen LogP contribution < -0.4 is 10.6 Å². The number of rotatable bonds is 2. The molecule has 2 saturated heterocycles. The number of nitrogens with one attached hydrogen (secondary N) is 2. The summed E-state index contributed by atoms with van der Waals surface area (Å²) < 4.78 is 11.2. The van der Waals surface area contributed by atoms with Crippen molar-refractivity contribution in [2.75, 3.05) is 24.6 Å². The van der Waals surface area contributed by atoms with Gasteiger partial charge in [0.05, 0.1) is 0 Å². The van der Waals surface area contributed by atoms with E-state index in [0.717, 1.165) is 30.9 Å². The molecule has 88 valence electrons. The minimum Gasteiger partial charge on any atom is -0.317 e. The van der Waals surface area contributed by atoms with Crippen LogP contribution in [0.2, 0.25) is 0 Å². The van der Waals surface area contributed by atoms with Gasteiger partial charge in [-0.2, -0.15) is 0 Å². The fraction of sp³-hybridized carbons (Fsp3) is 1.00. The molecule has 0 aliphatic carbocycles. The molecule has 1 unspecified atom stereocenters. The van der Waals surface area contributed by atoms with Gasteiger partial charge in [0.25, 0.3) is 0 Å². The smallest absolute Gasteiger partial charge is 0.0249 e. The second-order valence-electron chi connectivity index (χ2n) is 4.67. The fourth-order valence-electron chi connectivity index (χ4n) is 2.48. The molecule has 1 atom stereocenters. The van der Waals surface area contributed by atoms with Crippen LogP contribution in [0.5, 0.6) is 0 Å². The average molecular weight is 230 g/mol. The largest absolute Gasteiger partial charge is 0.317 e. The molecule has 0 spiro atoms. The van der Waals surface area contributed by atoms with Crippen molar-refractivity contribution < 1.29 is 4.21 Å². The predicted molar refractivity (Wildman–Crippen MR) is 64.5 cm³/mol. The Morgan fingerprint density at radius 1 is 1.00 bits per heavy atom. The molecule has 0 aromatic heterocycles. The van der Waals surface area contributed by atoms with Crippen molar-refractivity contribution in [1.29, 1.82) is 0 Å². The minimum absolute atomic E-state index is 0.523. The van der Waals surface area contributed by atoms with E-state index < -0.39 is 10.8 Å². The second-order valence-corrected chi connectivity index (χ2v) is 6.36. The summed E-state index contributed by atoms with van der Waals surface area (Å²) in [5.41, 5.74) is 0. The molecule has 2 N–H and O–H groups in total. The molecule has 15 heavy (non-hydrogen) atoms. The van der Waals surface area contributed by atoms with Gasteiger partial charge in [0, 0.05) is 34.4 Å². The Balaban J connectivity index is 1.73. The minimum atomic E-state index is -0.523. The van der Waals surface area contributed by atoms with Crippen LogP contribution in [-0.2, 0) is 10.8 Å². The molecule has 2 heterocycles. The lowest BCUT2D eigenvalue weighted by atomic mass is 10.1. The van der Waals surface area contributed by atoms with Gasteiger partial charge in [0.1, 0.15) is 0 Å². The molecule has 2 aliphatic heterocycles. The summed E-state index contributed by atoms with van der Waals surface area (Å²) in [6.45, 7) is 2.32. The molecule has 3 nitrogen and oxygen atoms in total. The van der Waals surface area contributed by atoms with E-state index in [2.05, 4.69) is 10.6 Å². The van der Waals surface area contributed by atoms with E-state index in [9.17, 15) is 4.21 Å². The third-order valence-electron chi connectivity index (χ3n) is 3.44. The van der Waals surface area contributed by atoms with Gasteiger partial charge in [-0.15, -0.1) is 0 Å². The molecule has 0 amide bonds. The molecule has 0 saturated carbocycles. The summed E-state index contributed by atoms with van der Waals surface area (Å²) in [5, 5.41) is 7.18. The van der Waals surface area contributed by atoms with Crippen LogP contribution in [0.1, 0.15) is 32.1 Å². The van der Waals surface area contributed by atoms with Crippen molar-refractivity contribution in [3.8, 4) is 0 Å². The van der Waals surface area contributed by atoms with E-state index in [4.69, 9.17) is 0 Å². The third-order valence-corrected chi connectivity index (χ3v) is 4.82. The first kappa shape index (κ1) is 11.6. The summed E-state index contributed by atoms with van der Waals surface area (Å²) >= 11 is 0. The van der Waals surface area contributed by atoms with Gasteiger partial charge in [0.2, 0.25) is 0 Å². The van der Waals surface area contributed by atoms with Crippen LogP contribution in [0.4, 0.5) is 0 Å². The molecule has 4 heteroatoms. The lowest BCUT2D eigenvalue weighted by molar-refractivity contribution is 0.380. The summed E-state index contributed by atoms with van der Waals surface area (Å²) in [5.74, 6) is 1.81. The molecule has 2 fully saturated rings. The Labute approximate surface area is 94.9 Å². The normalized spacial score (nSPS) is 38.5. The topological polar surface area (TPSA) is 41.1 Å². The lowest BCUT2D eigenvalue weighted by Gasteiger charge is -2.27. The summed E-state index contributed by atoms with van der Waals surface area (Å²) in [4.78, 5) is 0. The Kier molecular flexibility index (Phi) is 4.60. The van der Waals surface area contributed by atoms with Crippen LogP contribution in [0.25, 0.3) is 0 Å². The first-order chi connectivity index (χ1) is 7.34. The van der Waals surface area contributed by atoms with Crippen molar-refractivity contribution in [2.45, 2.75) is 44.2 Å². The second kappa shape index (κ2) is 5.97. The Bertz CT molecular complexity index is 205. The van der Waals surface area contributed by atoms with E-state index in [0.29, 0.717) is 12.1 Å². The van der Waals surface area contributed by atoms with Gasteiger partial charge >= 0.3 is 0 Å². The summed E-state index contributed by atoms with van der Waals surface area (Å²) in [6, 6.07) is 1.32. The van der Waals surface area contributed by atoms with Crippen LogP contribution in [0.15, 0.2) is 0 Å². The van der Waals surface area contributed by atoms with E-state index in [1.807, 2.05) is 0 Å². The summed E-state index contributed by atoms with van der Waals surface area (Å²) in [7, 11) is -0.523. The van der Waals surface area contributed by atoms with E-state index in [1.165, 1.54) is 25.8 Å². The first-order valence-electron chi connectivity index (χ1n) is 6.16. The van der Waals surface area contributed by atoms with Crippen molar-refractivity contribution in [2.24, 2.45) is 0 Å². The van der Waals surface area contributed by atoms with Crippen LogP contribution in [-0.4, -0.2) is 40.9 Å². The van der Waals surface area contributed by atoms with Crippen molar-refractivity contribution in [3.63, 3.8) is 0 Å². The Morgan fingerprint density at radius 3 is 2.53 bits per heavy atom. The molecule has 0 aromatic carbocycles. The van der Waals surface area contributed by atoms with Gasteiger partial charge in [0.15, 0.2) is 0 Å². The van der Waals surface area contributed by atoms with Crippen LogP contribution in [0, 0.1) is 0 Å². The highest BCUT2D eigenvalue weighted by atomic mass is 32.2. The Morgan fingerprint density at radius 2 is 1.73 bits per heavy atom. The molecule has 0 radical (unpaired) electrons. The average Bonchev–Trinajstić information content (AvgIpc) is 2.50. The van der Waals surface area contributed by atoms with Gasteiger partial charge < -0.3 is 10.6 Å². The van der Waals surface area contributed by atoms with Crippen LogP contribution in [0.3, 0.4) is 0 Å². The zero-order valence-corrected chi connectivity index (χ0v) is 10.2. The van der Waals surface area contributed by atoms with Gasteiger partial charge in [-0.3, -0.25) is 4.21 Å².